The van der Waals surface area contributed by atoms with Crippen molar-refractivity contribution in [1.29, 1.82) is 0 Å². The Morgan fingerprint density at radius 3 is 1.37 bits per heavy atom. The van der Waals surface area contributed by atoms with Crippen LogP contribution in [0.5, 0.6) is 0 Å². The van der Waals surface area contributed by atoms with E-state index in [0.29, 0.717) is 9.23 Å². The summed E-state index contributed by atoms with van der Waals surface area (Å²) in [5.41, 5.74) is 1.81. The zero-order valence-corrected chi connectivity index (χ0v) is 39.2. The topological polar surface area (TPSA) is 20.3 Å². The summed E-state index contributed by atoms with van der Waals surface area (Å²) in [6, 6.07) is 19.3. The average molecular weight is 892 g/mol. The van der Waals surface area contributed by atoms with Crippen molar-refractivity contribution in [2.24, 2.45) is 0 Å². The van der Waals surface area contributed by atoms with E-state index in [0.717, 1.165) is 11.3 Å². The minimum absolute atomic E-state index is 0. The summed E-state index contributed by atoms with van der Waals surface area (Å²) in [5, 5.41) is 0. The summed E-state index contributed by atoms with van der Waals surface area (Å²) in [4.78, 5) is 14.7. The number of benzene rings is 2. The number of para-hydroxylation sites is 1. The molecule has 1 aliphatic rings. The molecule has 9 heteroatoms. The Kier molecular flexibility index (Phi) is 79.4. The molecule has 5 radical (unpaired) electrons. The van der Waals surface area contributed by atoms with Crippen LogP contribution in [0, 0.1) is 14.9 Å². The molecule has 35 heavy (non-hydrogen) atoms. The van der Waals surface area contributed by atoms with E-state index in [1.807, 2.05) is 122 Å². The molecule has 2 nitrogen and oxygen atoms in total. The maximum Gasteiger partial charge on any atom is 0.270 e. The van der Waals surface area contributed by atoms with Gasteiger partial charge < -0.3 is 14.9 Å². The third kappa shape index (κ3) is 25.1. The second-order valence-corrected chi connectivity index (χ2v) is 5.94. The second kappa shape index (κ2) is 44.6. The molecule has 0 unspecified atom stereocenters. The van der Waals surface area contributed by atoms with E-state index in [1.165, 1.54) is 11.8 Å². The molecule has 1 fully saturated rings. The van der Waals surface area contributed by atoms with Crippen LogP contribution in [0.2, 0.25) is 0 Å². The second-order valence-electron chi connectivity index (χ2n) is 4.26. The molecule has 0 spiro atoms. The fraction of sp³-hybridized carbons (Fsp3) is 0.308. The Labute approximate surface area is 353 Å². The molecule has 0 atom stereocenters. The van der Waals surface area contributed by atoms with Gasteiger partial charge in [0.25, 0.3) is 5.91 Å². The van der Waals surface area contributed by atoms with E-state index < -0.39 is 0 Å². The Hall–Kier alpha value is 3.61. The predicted octanol–water partition coefficient (Wildman–Crippen LogP) is 9.09. The van der Waals surface area contributed by atoms with Crippen LogP contribution in [0.3, 0.4) is 0 Å². The fourth-order valence-corrected chi connectivity index (χ4v) is 3.27. The van der Waals surface area contributed by atoms with Crippen molar-refractivity contribution in [3.05, 3.63) is 86.0 Å². The van der Waals surface area contributed by atoms with Crippen LogP contribution < -0.4 is 4.90 Å². The standard InChI is InChI=1S/C16H11NOS2.4C2H6.2CH3.5Y/c18-15-14(11-12-7-3-1-4-8-12)20-16(19)17(15)13-9-5-2-6-10-13;4*1-2;;;;;;;/h1-11H;4*1-2H3;2*1H3;;;;;/q;;;;;2*-1;;;;;. The number of thiocarbonyl (C=S) groups is 1. The fourth-order valence-electron chi connectivity index (χ4n) is 1.97. The zero-order chi connectivity index (χ0) is 21.9. The van der Waals surface area contributed by atoms with Crippen LogP contribution in [-0.2, 0) is 168 Å². The van der Waals surface area contributed by atoms with E-state index >= 15 is 0 Å². The maximum atomic E-state index is 12.5. The third-order valence-corrected chi connectivity index (χ3v) is 4.21. The SMILES string of the molecule is CC.CC.CC.CC.O=C1C(=Cc2ccccc2)SC(=S)N1c1ccccc1.[CH3-].[CH3-].[Y].[Y].[Y].[Y].[Y]. The van der Waals surface area contributed by atoms with Gasteiger partial charge in [0, 0.05) is 164 Å². The first-order valence-electron chi connectivity index (χ1n) is 10.1. The van der Waals surface area contributed by atoms with E-state index in [9.17, 15) is 4.79 Å². The van der Waals surface area contributed by atoms with Crippen LogP contribution in [-0.4, -0.2) is 10.2 Å². The Morgan fingerprint density at radius 2 is 1.00 bits per heavy atom. The van der Waals surface area contributed by atoms with Gasteiger partial charge in [-0.05, 0) is 23.8 Å². The van der Waals surface area contributed by atoms with Gasteiger partial charge >= 0.3 is 0 Å². The van der Waals surface area contributed by atoms with Crippen molar-refractivity contribution in [2.75, 3.05) is 4.90 Å². The Balaban J connectivity index is -0.0000000590. The van der Waals surface area contributed by atoms with Crippen LogP contribution in [0.15, 0.2) is 65.6 Å². The smallest absolute Gasteiger partial charge is 0.270 e. The van der Waals surface area contributed by atoms with Crippen molar-refractivity contribution in [2.45, 2.75) is 55.4 Å². The van der Waals surface area contributed by atoms with Crippen molar-refractivity contribution >= 4 is 46.0 Å². The summed E-state index contributed by atoms with van der Waals surface area (Å²) in [6.07, 6.45) is 1.88. The third-order valence-electron chi connectivity index (χ3n) is 2.91. The van der Waals surface area contributed by atoms with Gasteiger partial charge in [-0.15, -0.1) is 0 Å². The Morgan fingerprint density at radius 1 is 0.657 bits per heavy atom. The molecule has 0 N–H and O–H groups in total. The zero-order valence-electron chi connectivity index (χ0n) is 23.4. The first-order valence-corrected chi connectivity index (χ1v) is 11.4. The van der Waals surface area contributed by atoms with Gasteiger partial charge in [0.05, 0.1) is 10.6 Å². The van der Waals surface area contributed by atoms with E-state index in [1.54, 1.807) is 4.90 Å². The van der Waals surface area contributed by atoms with Gasteiger partial charge in [-0.25, -0.2) is 0 Å². The number of anilines is 1. The van der Waals surface area contributed by atoms with Gasteiger partial charge in [-0.1, -0.05) is 128 Å². The number of nitrogens with zero attached hydrogens (tertiary/aromatic N) is 1. The van der Waals surface area contributed by atoms with Crippen molar-refractivity contribution in [3.63, 3.8) is 0 Å². The number of amides is 1. The van der Waals surface area contributed by atoms with Crippen LogP contribution in [0.25, 0.3) is 6.08 Å². The van der Waals surface area contributed by atoms with Crippen molar-refractivity contribution in [3.8, 4) is 0 Å². The molecule has 1 saturated heterocycles. The van der Waals surface area contributed by atoms with Gasteiger partial charge in [0.2, 0.25) is 0 Å². The molecular weight excluding hydrogens is 851 g/mol. The molecule has 185 valence electrons. The quantitative estimate of drug-likeness (QED) is 0.171. The van der Waals surface area contributed by atoms with Crippen LogP contribution >= 0.6 is 24.0 Å². The summed E-state index contributed by atoms with van der Waals surface area (Å²) < 4.78 is 0.573. The number of rotatable bonds is 2. The summed E-state index contributed by atoms with van der Waals surface area (Å²) >= 11 is 6.66. The molecule has 2 aromatic carbocycles. The Bertz CT molecular complexity index is 703. The minimum Gasteiger partial charge on any atom is -0.358 e. The van der Waals surface area contributed by atoms with Gasteiger partial charge in [0.1, 0.15) is 0 Å². The number of hydrogen-bond donors (Lipinski definition) is 0. The molecule has 0 aromatic heterocycles. The van der Waals surface area contributed by atoms with Gasteiger partial charge in [-0.3, -0.25) is 9.69 Å². The van der Waals surface area contributed by atoms with Crippen molar-refractivity contribution < 1.29 is 168 Å². The molecule has 0 aliphatic carbocycles. The largest absolute Gasteiger partial charge is 0.358 e. The first kappa shape index (κ1) is 62.3. The van der Waals surface area contributed by atoms with Crippen LogP contribution in [0.4, 0.5) is 5.69 Å². The van der Waals surface area contributed by atoms with E-state index in [2.05, 4.69) is 0 Å². The minimum atomic E-state index is -0.0601. The van der Waals surface area contributed by atoms with Crippen molar-refractivity contribution in [1.82, 2.24) is 0 Å². The molecule has 0 saturated carbocycles. The van der Waals surface area contributed by atoms with E-state index in [-0.39, 0.29) is 184 Å². The molecule has 1 heterocycles. The summed E-state index contributed by atoms with van der Waals surface area (Å²) in [6.45, 7) is 16.0. The summed E-state index contributed by atoms with van der Waals surface area (Å²) in [7, 11) is 0. The molecule has 0 bridgehead atoms. The average Bonchev–Trinajstić information content (AvgIpc) is 3.08. The molecule has 2 aromatic rings. The normalized spacial score (nSPS) is 10.4. The van der Waals surface area contributed by atoms with Crippen LogP contribution in [0.1, 0.15) is 61.0 Å². The number of carbonyl (C=O) groups is 1. The van der Waals surface area contributed by atoms with E-state index in [4.69, 9.17) is 12.2 Å². The number of thioether (sulfide) groups is 1. The monoisotopic (exact) mass is 892 g/mol. The predicted molar refractivity (Wildman–Crippen MR) is 147 cm³/mol. The molecule has 1 amide bonds. The molecule has 3 rings (SSSR count). The molecule has 1 aliphatic heterocycles. The van der Waals surface area contributed by atoms with Gasteiger partial charge in [0.15, 0.2) is 4.32 Å². The summed E-state index contributed by atoms with van der Waals surface area (Å²) in [5.74, 6) is -0.0601. The first-order chi connectivity index (χ1) is 13.8. The number of carbonyl (C=O) groups excluding carboxylic acids is 1. The number of hydrogen-bond acceptors (Lipinski definition) is 3. The maximum absolute atomic E-state index is 12.5. The van der Waals surface area contributed by atoms with Gasteiger partial charge in [-0.2, -0.15) is 0 Å². The molecular formula is C26H41NOS2Y5-2.